The third-order valence-corrected chi connectivity index (χ3v) is 18.0. The molecule has 0 saturated carbocycles. The molecule has 30 heteroatoms. The number of aryl methyl sites for hydroxylation is 1. The van der Waals surface area contributed by atoms with Crippen molar-refractivity contribution in [3.63, 3.8) is 0 Å². The Kier molecular flexibility index (Phi) is 24.0. The van der Waals surface area contributed by atoms with Crippen molar-refractivity contribution in [2.75, 3.05) is 135 Å². The van der Waals surface area contributed by atoms with E-state index in [0.717, 1.165) is 120 Å². The summed E-state index contributed by atoms with van der Waals surface area (Å²) in [6.07, 6.45) is 7.38. The number of morpholine rings is 2. The number of aliphatic hydroxyl groups is 4. The number of ether oxygens (including phenoxy) is 9. The van der Waals surface area contributed by atoms with Gasteiger partial charge in [0.05, 0.1) is 133 Å². The van der Waals surface area contributed by atoms with Crippen LogP contribution in [0.4, 0.5) is 17.5 Å². The first-order valence-corrected chi connectivity index (χ1v) is 34.1. The summed E-state index contributed by atoms with van der Waals surface area (Å²) in [5.74, 6) is 6.39. The van der Waals surface area contributed by atoms with Gasteiger partial charge < -0.3 is 77.8 Å². The average Bonchev–Trinajstić information content (AvgIpc) is 1.61. The van der Waals surface area contributed by atoms with Crippen molar-refractivity contribution < 1.29 is 63.1 Å². The Morgan fingerprint density at radius 2 is 0.920 bits per heavy atom. The smallest absolute Gasteiger partial charge is 0.320 e. The molecule has 14 rings (SSSR count). The fourth-order valence-electron chi connectivity index (χ4n) is 11.5. The molecular weight excluding hydrogens is 1300 g/mol. The Morgan fingerprint density at radius 3 is 1.34 bits per heavy atom. The summed E-state index contributed by atoms with van der Waals surface area (Å²) in [6, 6.07) is 35.8. The molecule has 4 atom stereocenters. The van der Waals surface area contributed by atoms with Gasteiger partial charge in [0.25, 0.3) is 0 Å². The number of fused-ring (bicyclic) bond motifs is 1. The van der Waals surface area contributed by atoms with Crippen LogP contribution in [0.3, 0.4) is 0 Å². The Labute approximate surface area is 582 Å². The highest BCUT2D eigenvalue weighted by molar-refractivity contribution is 7.09. The molecule has 4 saturated heterocycles. The SMILES string of the molecule is COc1cccc(-c2ccn(-c3cc(N4CCOCC4)nc(OCCC(O)CO)n3)n2)c1.COc1cccc(-c2ccn(-c3cc(N4CCOCC4)nc(OCCc4scnc4C)n3)n2)c1.COc1cccc(-c2ccn(-c3cc(N4CC[C@H]5OCC[C@H]54)nc(OCCC(O)CO)n3)n2)c1. The van der Waals surface area contributed by atoms with E-state index in [1.807, 2.05) is 140 Å². The van der Waals surface area contributed by atoms with E-state index >= 15 is 0 Å². The summed E-state index contributed by atoms with van der Waals surface area (Å²) in [7, 11) is 4.93. The lowest BCUT2D eigenvalue weighted by atomic mass is 10.1. The van der Waals surface area contributed by atoms with Crippen LogP contribution >= 0.6 is 11.3 Å². The minimum atomic E-state index is -0.839. The summed E-state index contributed by atoms with van der Waals surface area (Å²) < 4.78 is 55.4. The zero-order chi connectivity index (χ0) is 69.2. The van der Waals surface area contributed by atoms with Crippen molar-refractivity contribution in [3.8, 4) is 86.5 Å². The van der Waals surface area contributed by atoms with Gasteiger partial charge in [0.15, 0.2) is 17.5 Å². The Morgan fingerprint density at radius 1 is 0.500 bits per heavy atom. The first kappa shape index (κ1) is 70.0. The standard InChI is InChI=1S/C24H26N6O3S.C24H29N5O5.C22H27N5O5/c1-17-21(34-16-25-17)7-11-33-24-26-22(29-9-12-32-13-10-29)15-23(27-24)30-8-6-20(28-30)18-4-3-5-19(14-18)31-2;1-32-18-4-2-3-16(13-18)19-5-10-29(27-19)23-14-22(28-9-6-21-20(28)8-12-33-21)25-24(26-23)34-11-7-17(31)15-30;1-30-18-4-2-3-16(13-18)19-5-7-27(25-19)21-14-20(26-8-11-31-12-9-26)23-22(24-21)32-10-6-17(29)15-28/h3-6,8,14-16H,7,9-13H2,1-2H3;2-5,10,13-14,17,20-21,30-31H,6-9,11-12,15H2,1H3;2-5,7,13-14,17,28-29H,6,8-12,15H2,1H3/t;17?,20-,21-;/m.1./s1. The largest absolute Gasteiger partial charge is 0.497 e. The Bertz CT molecular complexity index is 4240. The summed E-state index contributed by atoms with van der Waals surface area (Å²) in [6.45, 7) is 9.39. The zero-order valence-electron chi connectivity index (χ0n) is 56.2. The van der Waals surface area contributed by atoms with Gasteiger partial charge in [-0.1, -0.05) is 36.4 Å². The molecule has 100 heavy (non-hydrogen) atoms. The summed E-state index contributed by atoms with van der Waals surface area (Å²) in [4.78, 5) is 39.6. The van der Waals surface area contributed by atoms with E-state index in [-0.39, 0.29) is 63.4 Å². The van der Waals surface area contributed by atoms with Gasteiger partial charge >= 0.3 is 18.0 Å². The van der Waals surface area contributed by atoms with Crippen molar-refractivity contribution in [1.29, 1.82) is 0 Å². The summed E-state index contributed by atoms with van der Waals surface area (Å²) in [5.41, 5.74) is 8.13. The van der Waals surface area contributed by atoms with Crippen molar-refractivity contribution in [2.45, 2.75) is 63.4 Å². The van der Waals surface area contributed by atoms with Crippen LogP contribution in [0.25, 0.3) is 51.2 Å². The molecule has 4 aliphatic rings. The first-order valence-electron chi connectivity index (χ1n) is 33.2. The fourth-order valence-corrected chi connectivity index (χ4v) is 12.3. The van der Waals surface area contributed by atoms with Crippen LogP contribution in [-0.2, 0) is 20.6 Å². The molecular formula is C70H82N16O13S. The Hall–Kier alpha value is -9.92. The number of hydrogen-bond acceptors (Lipinski definition) is 27. The second kappa shape index (κ2) is 34.2. The maximum absolute atomic E-state index is 9.63. The van der Waals surface area contributed by atoms with Crippen LogP contribution in [0, 0.1) is 6.92 Å². The maximum atomic E-state index is 9.63. The van der Waals surface area contributed by atoms with Crippen molar-refractivity contribution in [2.24, 2.45) is 0 Å². The van der Waals surface area contributed by atoms with Crippen LogP contribution < -0.4 is 43.1 Å². The lowest BCUT2D eigenvalue weighted by molar-refractivity contribution is 0.0740. The second-order valence-corrected chi connectivity index (χ2v) is 24.5. The van der Waals surface area contributed by atoms with E-state index in [4.69, 9.17) is 63.0 Å². The molecule has 4 N–H and O–H groups in total. The van der Waals surface area contributed by atoms with Crippen LogP contribution in [0.1, 0.15) is 36.3 Å². The van der Waals surface area contributed by atoms with Gasteiger partial charge in [0.1, 0.15) is 34.7 Å². The highest BCUT2D eigenvalue weighted by Gasteiger charge is 2.40. The quantitative estimate of drug-likeness (QED) is 0.0439. The molecule has 0 aliphatic carbocycles. The molecule has 0 radical (unpaired) electrons. The van der Waals surface area contributed by atoms with E-state index in [1.165, 1.54) is 4.88 Å². The number of anilines is 3. The first-order chi connectivity index (χ1) is 49.0. The van der Waals surface area contributed by atoms with Gasteiger partial charge in [-0.15, -0.1) is 11.3 Å². The number of benzene rings is 3. The highest BCUT2D eigenvalue weighted by Crippen LogP contribution is 2.35. The molecule has 4 aliphatic heterocycles. The van der Waals surface area contributed by atoms with Crippen LogP contribution in [-0.4, -0.2) is 229 Å². The lowest BCUT2D eigenvalue weighted by Gasteiger charge is -2.28. The van der Waals surface area contributed by atoms with Gasteiger partial charge in [-0.3, -0.25) is 0 Å². The van der Waals surface area contributed by atoms with Crippen molar-refractivity contribution >= 4 is 28.8 Å². The third-order valence-electron chi connectivity index (χ3n) is 17.0. The molecule has 0 spiro atoms. The number of thiazole rings is 1. The number of nitrogens with zero attached hydrogens (tertiary/aromatic N) is 16. The normalized spacial score (nSPS) is 16.4. The number of rotatable bonds is 26. The Balaban J connectivity index is 0.000000142. The van der Waals surface area contributed by atoms with E-state index < -0.39 is 12.2 Å². The average molecular weight is 1390 g/mol. The fraction of sp³-hybridized carbons (Fsp3) is 0.400. The molecule has 4 fully saturated rings. The third kappa shape index (κ3) is 18.1. The van der Waals surface area contributed by atoms with Crippen LogP contribution in [0.5, 0.6) is 35.3 Å². The molecule has 11 heterocycles. The predicted octanol–water partition coefficient (Wildman–Crippen LogP) is 6.69. The van der Waals surface area contributed by atoms with E-state index in [0.29, 0.717) is 69.6 Å². The van der Waals surface area contributed by atoms with Crippen LogP contribution in [0.15, 0.2) is 133 Å². The number of hydrogen-bond donors (Lipinski definition) is 4. The maximum Gasteiger partial charge on any atom is 0.320 e. The van der Waals surface area contributed by atoms with E-state index in [2.05, 4.69) is 54.7 Å². The van der Waals surface area contributed by atoms with Gasteiger partial charge in [-0.2, -0.15) is 45.2 Å². The predicted molar refractivity (Wildman–Crippen MR) is 372 cm³/mol. The lowest BCUT2D eigenvalue weighted by Crippen LogP contribution is -2.37. The monoisotopic (exact) mass is 1390 g/mol. The topological polar surface area (TPSA) is 317 Å². The molecule has 7 aromatic heterocycles. The van der Waals surface area contributed by atoms with Crippen LogP contribution in [0.2, 0.25) is 0 Å². The van der Waals surface area contributed by atoms with Gasteiger partial charge in [-0.25, -0.2) is 19.0 Å². The highest BCUT2D eigenvalue weighted by atomic mass is 32.1. The number of methoxy groups -OCH3 is 3. The van der Waals surface area contributed by atoms with Gasteiger partial charge in [0, 0.05) is 117 Å². The molecule has 2 unspecified atom stereocenters. The molecule has 10 aromatic rings. The van der Waals surface area contributed by atoms with Crippen molar-refractivity contribution in [1.82, 2.24) is 64.2 Å². The summed E-state index contributed by atoms with van der Waals surface area (Å²) >= 11 is 1.64. The van der Waals surface area contributed by atoms with E-state index in [1.54, 1.807) is 46.7 Å². The number of aromatic nitrogens is 13. The van der Waals surface area contributed by atoms with Gasteiger partial charge in [-0.05, 0) is 74.4 Å². The molecule has 29 nitrogen and oxygen atoms in total. The van der Waals surface area contributed by atoms with Gasteiger partial charge in [0.2, 0.25) is 0 Å². The zero-order valence-corrected chi connectivity index (χ0v) is 57.0. The van der Waals surface area contributed by atoms with Crippen molar-refractivity contribution in [3.05, 3.63) is 144 Å². The molecule has 0 amide bonds. The molecule has 526 valence electrons. The molecule has 0 bridgehead atoms. The summed E-state index contributed by atoms with van der Waals surface area (Å²) in [5, 5.41) is 51.4. The van der Waals surface area contributed by atoms with E-state index in [9.17, 15) is 10.2 Å². The number of aliphatic hydroxyl groups excluding tert-OH is 4. The molecule has 3 aromatic carbocycles. The minimum Gasteiger partial charge on any atom is -0.497 e. The second-order valence-electron chi connectivity index (χ2n) is 23.6. The minimum absolute atomic E-state index is 0.182.